The first kappa shape index (κ1) is 27.3. The number of aliphatic hydroxyl groups excluding tert-OH is 1. The molecule has 3 rings (SSSR count). The van der Waals surface area contributed by atoms with E-state index < -0.39 is 32.2 Å². The van der Waals surface area contributed by atoms with Crippen molar-refractivity contribution in [2.75, 3.05) is 26.7 Å². The first-order chi connectivity index (χ1) is 16.4. The molecule has 1 aliphatic heterocycles. The minimum atomic E-state index is -3.95. The molecule has 0 saturated heterocycles. The maximum Gasteiger partial charge on any atom is 0.247 e. The number of nitrogens with zero attached hydrogens (tertiary/aromatic N) is 2. The highest BCUT2D eigenvalue weighted by molar-refractivity contribution is 7.89. The van der Waals surface area contributed by atoms with Crippen LogP contribution in [-0.2, 0) is 20.0 Å². The highest BCUT2D eigenvalue weighted by atomic mass is 32.2. The van der Waals surface area contributed by atoms with Crippen molar-refractivity contribution in [2.45, 2.75) is 49.6 Å². The van der Waals surface area contributed by atoms with Gasteiger partial charge in [-0.3, -0.25) is 0 Å². The van der Waals surface area contributed by atoms with E-state index in [0.717, 1.165) is 11.1 Å². The first-order valence-corrected chi connectivity index (χ1v) is 14.4. The normalized spacial score (nSPS) is 21.8. The third-order valence-electron chi connectivity index (χ3n) is 6.22. The van der Waals surface area contributed by atoms with Crippen LogP contribution in [0.3, 0.4) is 0 Å². The Balaban J connectivity index is 2.04. The number of sulfonamides is 2. The van der Waals surface area contributed by atoms with Crippen LogP contribution in [0.15, 0.2) is 58.3 Å². The summed E-state index contributed by atoms with van der Waals surface area (Å²) in [5.74, 6) is -0.207. The van der Waals surface area contributed by atoms with E-state index in [-0.39, 0.29) is 41.2 Å². The number of benzene rings is 2. The van der Waals surface area contributed by atoms with Gasteiger partial charge in [0.2, 0.25) is 20.0 Å². The lowest BCUT2D eigenvalue weighted by atomic mass is 10.0. The number of allylic oxidation sites excluding steroid dienone is 1. The summed E-state index contributed by atoms with van der Waals surface area (Å²) in [4.78, 5) is 0.171. The molecule has 2 aromatic carbocycles. The molecule has 8 nitrogen and oxygen atoms in total. The lowest BCUT2D eigenvalue weighted by molar-refractivity contribution is 0.0904. The maximum atomic E-state index is 13.5. The molecule has 0 amide bonds. The van der Waals surface area contributed by atoms with Gasteiger partial charge in [0.1, 0.15) is 16.7 Å². The molecule has 0 fully saturated rings. The van der Waals surface area contributed by atoms with E-state index in [1.807, 2.05) is 32.9 Å². The molecule has 0 unspecified atom stereocenters. The lowest BCUT2D eigenvalue weighted by Crippen LogP contribution is -2.50. The van der Waals surface area contributed by atoms with Gasteiger partial charge >= 0.3 is 0 Å². The number of fused-ring (bicyclic) bond motifs is 1. The summed E-state index contributed by atoms with van der Waals surface area (Å²) in [6.07, 6.45) is 3.03. The fraction of sp³-hybridized carbons (Fsp3) is 0.440. The monoisotopic (exact) mass is 522 g/mol. The number of rotatable bonds is 7. The molecule has 1 aliphatic rings. The van der Waals surface area contributed by atoms with Gasteiger partial charge in [0, 0.05) is 25.6 Å². The quantitative estimate of drug-likeness (QED) is 0.599. The second-order valence-electron chi connectivity index (χ2n) is 9.04. The van der Waals surface area contributed by atoms with E-state index in [1.165, 1.54) is 21.7 Å². The van der Waals surface area contributed by atoms with E-state index in [0.29, 0.717) is 0 Å². The van der Waals surface area contributed by atoms with Gasteiger partial charge in [-0.2, -0.15) is 8.61 Å². The Kier molecular flexibility index (Phi) is 8.44. The van der Waals surface area contributed by atoms with Crippen molar-refractivity contribution in [3.8, 4) is 5.75 Å². The minimum Gasteiger partial charge on any atom is -0.487 e. The Hall–Kier alpha value is -2.24. The van der Waals surface area contributed by atoms with Crippen LogP contribution in [0.25, 0.3) is 6.08 Å². The van der Waals surface area contributed by atoms with Gasteiger partial charge in [-0.05, 0) is 50.6 Å². The van der Waals surface area contributed by atoms with E-state index in [2.05, 4.69) is 0 Å². The summed E-state index contributed by atoms with van der Waals surface area (Å²) in [6, 6.07) is 10.8. The molecule has 0 aliphatic carbocycles. The lowest BCUT2D eigenvalue weighted by Gasteiger charge is -2.37. The van der Waals surface area contributed by atoms with Crippen molar-refractivity contribution < 1.29 is 26.7 Å². The minimum absolute atomic E-state index is 0.00741. The molecule has 1 heterocycles. The summed E-state index contributed by atoms with van der Waals surface area (Å²) in [6.45, 7) is 6.96. The Morgan fingerprint density at radius 2 is 1.89 bits per heavy atom. The molecule has 2 aromatic rings. The predicted molar refractivity (Wildman–Crippen MR) is 136 cm³/mol. The van der Waals surface area contributed by atoms with Gasteiger partial charge in [0.05, 0.1) is 18.0 Å². The second kappa shape index (κ2) is 10.8. The highest BCUT2D eigenvalue weighted by Crippen LogP contribution is 2.35. The zero-order valence-corrected chi connectivity index (χ0v) is 22.4. The van der Waals surface area contributed by atoms with E-state index in [9.17, 15) is 21.9 Å². The van der Waals surface area contributed by atoms with Gasteiger partial charge < -0.3 is 9.84 Å². The zero-order chi connectivity index (χ0) is 26.0. The largest absolute Gasteiger partial charge is 0.487 e. The van der Waals surface area contributed by atoms with Gasteiger partial charge in [0.25, 0.3) is 0 Å². The summed E-state index contributed by atoms with van der Waals surface area (Å²) in [5, 5.41) is 9.76. The van der Waals surface area contributed by atoms with Gasteiger partial charge in [-0.15, -0.1) is 0 Å². The number of aliphatic hydroxyl groups is 1. The standard InChI is InChI=1S/C25H34N2O6S2/c1-6-7-21-10-13-25-23(14-21)33-24(19(3)15-27(20(4)17-28)35(25,31)32)16-26(5)34(29,30)22-11-8-18(2)9-12-22/h6-14,19-20,24,28H,15-17H2,1-5H3/b7-6+/t19-,20-,24-/m0/s1. The van der Waals surface area contributed by atoms with Crippen molar-refractivity contribution in [1.82, 2.24) is 8.61 Å². The molecule has 0 spiro atoms. The smallest absolute Gasteiger partial charge is 0.247 e. The third kappa shape index (κ3) is 5.78. The SMILES string of the molecule is C/C=C/c1ccc2c(c1)O[C@@H](CN(C)S(=O)(=O)c1ccc(C)cc1)[C@@H](C)CN([C@@H](C)CO)S2(=O)=O. The van der Waals surface area contributed by atoms with E-state index in [1.54, 1.807) is 43.3 Å². The van der Waals surface area contributed by atoms with Crippen molar-refractivity contribution in [2.24, 2.45) is 5.92 Å². The van der Waals surface area contributed by atoms with E-state index >= 15 is 0 Å². The maximum absolute atomic E-state index is 13.5. The Bertz CT molecular complexity index is 1270. The molecule has 0 saturated carbocycles. The fourth-order valence-corrected chi connectivity index (χ4v) is 7.01. The topological polar surface area (TPSA) is 104 Å². The molecule has 0 aromatic heterocycles. The predicted octanol–water partition coefficient (Wildman–Crippen LogP) is 3.12. The molecular weight excluding hydrogens is 488 g/mol. The van der Waals surface area contributed by atoms with Crippen LogP contribution in [0.2, 0.25) is 0 Å². The van der Waals surface area contributed by atoms with Crippen LogP contribution < -0.4 is 4.74 Å². The van der Waals surface area contributed by atoms with Crippen LogP contribution in [0, 0.1) is 12.8 Å². The molecule has 192 valence electrons. The Morgan fingerprint density at radius 3 is 2.49 bits per heavy atom. The molecular formula is C25H34N2O6S2. The van der Waals surface area contributed by atoms with Gasteiger partial charge in [-0.1, -0.05) is 42.8 Å². The molecule has 0 bridgehead atoms. The summed E-state index contributed by atoms with van der Waals surface area (Å²) in [7, 11) is -6.24. The van der Waals surface area contributed by atoms with Gasteiger partial charge in [0.15, 0.2) is 0 Å². The van der Waals surface area contributed by atoms with Crippen molar-refractivity contribution in [3.05, 3.63) is 59.7 Å². The fourth-order valence-electron chi connectivity index (χ4n) is 4.00. The molecule has 10 heteroatoms. The van der Waals surface area contributed by atoms with Gasteiger partial charge in [-0.25, -0.2) is 16.8 Å². The number of hydrogen-bond acceptors (Lipinski definition) is 6. The van der Waals surface area contributed by atoms with Crippen molar-refractivity contribution in [3.63, 3.8) is 0 Å². The third-order valence-corrected chi connectivity index (χ3v) is 10.1. The molecule has 3 atom stereocenters. The Labute approximate surface area is 208 Å². The average Bonchev–Trinajstić information content (AvgIpc) is 2.81. The van der Waals surface area contributed by atoms with Crippen LogP contribution >= 0.6 is 0 Å². The van der Waals surface area contributed by atoms with E-state index in [4.69, 9.17) is 4.74 Å². The molecule has 1 N–H and O–H groups in total. The first-order valence-electron chi connectivity index (χ1n) is 11.5. The summed E-state index contributed by atoms with van der Waals surface area (Å²) < 4.78 is 62.2. The van der Waals surface area contributed by atoms with Crippen LogP contribution in [0.4, 0.5) is 0 Å². The Morgan fingerprint density at radius 1 is 1.23 bits per heavy atom. The highest BCUT2D eigenvalue weighted by Gasteiger charge is 2.39. The number of hydrogen-bond donors (Lipinski definition) is 1. The molecule has 35 heavy (non-hydrogen) atoms. The number of ether oxygens (including phenoxy) is 1. The average molecular weight is 523 g/mol. The van der Waals surface area contributed by atoms with Crippen LogP contribution in [0.5, 0.6) is 5.75 Å². The zero-order valence-electron chi connectivity index (χ0n) is 20.7. The second-order valence-corrected chi connectivity index (χ2v) is 12.9. The van der Waals surface area contributed by atoms with Crippen LogP contribution in [0.1, 0.15) is 31.9 Å². The summed E-state index contributed by atoms with van der Waals surface area (Å²) in [5.41, 5.74) is 1.72. The van der Waals surface area contributed by atoms with Crippen molar-refractivity contribution >= 4 is 26.1 Å². The van der Waals surface area contributed by atoms with Crippen molar-refractivity contribution in [1.29, 1.82) is 0 Å². The van der Waals surface area contributed by atoms with Crippen LogP contribution in [-0.4, -0.2) is 69.4 Å². The number of likely N-dealkylation sites (N-methyl/N-ethyl adjacent to an activating group) is 1. The summed E-state index contributed by atoms with van der Waals surface area (Å²) >= 11 is 0. The molecule has 0 radical (unpaired) electrons. The number of aryl methyl sites for hydroxylation is 1.